The number of carbonyl (C=O) groups is 1. The van der Waals surface area contributed by atoms with Crippen LogP contribution in [0.5, 0.6) is 11.5 Å². The molecular formula is C29H26ClN3O3S. The number of halogens is 1. The molecule has 1 fully saturated rings. The van der Waals surface area contributed by atoms with Crippen LogP contribution >= 0.6 is 23.4 Å². The summed E-state index contributed by atoms with van der Waals surface area (Å²) in [5.41, 5.74) is 3.41. The molecule has 5 rings (SSSR count). The summed E-state index contributed by atoms with van der Waals surface area (Å²) in [6.45, 7) is 3.27. The summed E-state index contributed by atoms with van der Waals surface area (Å²) in [7, 11) is 0. The monoisotopic (exact) mass is 531 g/mol. The van der Waals surface area contributed by atoms with Gasteiger partial charge in [-0.2, -0.15) is 5.26 Å². The second-order valence-corrected chi connectivity index (χ2v) is 10.1. The molecule has 3 aromatic carbocycles. The van der Waals surface area contributed by atoms with E-state index in [1.807, 2.05) is 79.7 Å². The fourth-order valence-corrected chi connectivity index (χ4v) is 5.92. The molecule has 8 heteroatoms. The highest BCUT2D eigenvalue weighted by atomic mass is 35.5. The Labute approximate surface area is 226 Å². The minimum absolute atomic E-state index is 0.00383. The predicted octanol–water partition coefficient (Wildman–Crippen LogP) is 6.54. The third-order valence-corrected chi connectivity index (χ3v) is 7.96. The lowest BCUT2D eigenvalue weighted by molar-refractivity contribution is -0.129. The van der Waals surface area contributed by atoms with Crippen molar-refractivity contribution < 1.29 is 14.3 Å². The molecular weight excluding hydrogens is 506 g/mol. The predicted molar refractivity (Wildman–Crippen MR) is 146 cm³/mol. The Balaban J connectivity index is 1.33. The zero-order valence-corrected chi connectivity index (χ0v) is 22.0. The van der Waals surface area contributed by atoms with Gasteiger partial charge in [-0.1, -0.05) is 65.8 Å². The van der Waals surface area contributed by atoms with Gasteiger partial charge >= 0.3 is 0 Å². The molecule has 0 saturated carbocycles. The smallest absolute Gasteiger partial charge is 0.229 e. The van der Waals surface area contributed by atoms with Crippen LogP contribution in [0.25, 0.3) is 0 Å². The third-order valence-electron chi connectivity index (χ3n) is 6.43. The van der Waals surface area contributed by atoms with Gasteiger partial charge in [0.25, 0.3) is 0 Å². The number of ether oxygens (including phenoxy) is 2. The normalized spacial score (nSPS) is 17.3. The fourth-order valence-electron chi connectivity index (χ4n) is 4.57. The van der Waals surface area contributed by atoms with Crippen molar-refractivity contribution >= 4 is 35.0 Å². The molecule has 37 heavy (non-hydrogen) atoms. The topological polar surface area (TPSA) is 65.8 Å². The average Bonchev–Trinajstić information content (AvgIpc) is 2.93. The fraction of sp³-hybridized carbons (Fsp3) is 0.241. The van der Waals surface area contributed by atoms with Gasteiger partial charge in [-0.3, -0.25) is 9.69 Å². The zero-order chi connectivity index (χ0) is 25.8. The van der Waals surface area contributed by atoms with E-state index in [1.165, 1.54) is 11.8 Å². The number of fused-ring (bicyclic) bond motifs is 1. The molecule has 0 aliphatic carbocycles. The van der Waals surface area contributed by atoms with Crippen LogP contribution in [0.2, 0.25) is 5.02 Å². The van der Waals surface area contributed by atoms with Crippen molar-refractivity contribution in [3.8, 4) is 17.6 Å². The summed E-state index contributed by atoms with van der Waals surface area (Å²) in [6, 6.07) is 25.4. The van der Waals surface area contributed by atoms with Gasteiger partial charge in [-0.05, 0) is 42.8 Å². The van der Waals surface area contributed by atoms with E-state index in [4.69, 9.17) is 21.1 Å². The molecule has 0 unspecified atom stereocenters. The molecule has 2 aliphatic heterocycles. The van der Waals surface area contributed by atoms with Crippen molar-refractivity contribution in [1.82, 2.24) is 4.90 Å². The zero-order valence-electron chi connectivity index (χ0n) is 20.4. The quantitative estimate of drug-likeness (QED) is 0.345. The number of thioether (sulfide) groups is 1. The van der Waals surface area contributed by atoms with Crippen molar-refractivity contribution in [2.75, 3.05) is 24.1 Å². The average molecular weight is 532 g/mol. The number of benzene rings is 3. The number of anilines is 1. The number of nitriles is 1. The summed E-state index contributed by atoms with van der Waals surface area (Å²) < 4.78 is 11.7. The number of nitrogens with zero attached hydrogens (tertiary/aromatic N) is 3. The first-order valence-electron chi connectivity index (χ1n) is 12.1. The van der Waals surface area contributed by atoms with E-state index in [-0.39, 0.29) is 18.2 Å². The maximum Gasteiger partial charge on any atom is 0.229 e. The van der Waals surface area contributed by atoms with Crippen LogP contribution < -0.4 is 14.4 Å². The Morgan fingerprint density at radius 2 is 1.81 bits per heavy atom. The minimum Gasteiger partial charge on any atom is -0.492 e. The van der Waals surface area contributed by atoms with Gasteiger partial charge in [-0.25, -0.2) is 0 Å². The summed E-state index contributed by atoms with van der Waals surface area (Å²) in [4.78, 5) is 17.1. The van der Waals surface area contributed by atoms with E-state index in [0.29, 0.717) is 42.1 Å². The molecule has 0 bridgehead atoms. The Morgan fingerprint density at radius 1 is 1.05 bits per heavy atom. The van der Waals surface area contributed by atoms with Gasteiger partial charge in [-0.15, -0.1) is 0 Å². The first-order valence-corrected chi connectivity index (χ1v) is 13.5. The van der Waals surface area contributed by atoms with Gasteiger partial charge in [0, 0.05) is 22.9 Å². The van der Waals surface area contributed by atoms with Gasteiger partial charge in [0.1, 0.15) is 18.1 Å². The maximum atomic E-state index is 13.3. The number of allylic oxidation sites excluding steroid dienone is 1. The standard InChI is InChI=1S/C29H26ClN3O3S/c1-2-35-27-10-6-5-9-26(27)32-18-33-28(34)15-23(24(16-31)29(33)37-19-32)20-11-13-22(14-12-20)36-17-21-7-3-4-8-25(21)30/h3-14,23H,2,15,17-19H2,1H3/t23-/m1/s1. The van der Waals surface area contributed by atoms with Crippen LogP contribution in [0.3, 0.4) is 0 Å². The van der Waals surface area contributed by atoms with E-state index in [9.17, 15) is 10.1 Å². The van der Waals surface area contributed by atoms with E-state index in [0.717, 1.165) is 27.6 Å². The van der Waals surface area contributed by atoms with Crippen LogP contribution in [0.1, 0.15) is 30.4 Å². The highest BCUT2D eigenvalue weighted by molar-refractivity contribution is 8.03. The number of hydrogen-bond acceptors (Lipinski definition) is 6. The minimum atomic E-state index is -0.281. The van der Waals surface area contributed by atoms with Crippen LogP contribution in [0.4, 0.5) is 5.69 Å². The van der Waals surface area contributed by atoms with Crippen molar-refractivity contribution in [1.29, 1.82) is 5.26 Å². The van der Waals surface area contributed by atoms with E-state index in [1.54, 1.807) is 4.90 Å². The molecule has 2 aliphatic rings. The highest BCUT2D eigenvalue weighted by Crippen LogP contribution is 2.44. The lowest BCUT2D eigenvalue weighted by Gasteiger charge is -2.42. The van der Waals surface area contributed by atoms with E-state index < -0.39 is 0 Å². The van der Waals surface area contributed by atoms with Crippen LogP contribution in [0.15, 0.2) is 83.4 Å². The summed E-state index contributed by atoms with van der Waals surface area (Å²) in [6.07, 6.45) is 0.244. The van der Waals surface area contributed by atoms with Crippen molar-refractivity contribution in [3.05, 3.63) is 99.5 Å². The lowest BCUT2D eigenvalue weighted by atomic mass is 9.86. The van der Waals surface area contributed by atoms with Crippen LogP contribution in [-0.2, 0) is 11.4 Å². The lowest BCUT2D eigenvalue weighted by Crippen LogP contribution is -2.47. The molecule has 188 valence electrons. The Morgan fingerprint density at radius 3 is 2.57 bits per heavy atom. The molecule has 1 amide bonds. The molecule has 6 nitrogen and oxygen atoms in total. The Hall–Kier alpha value is -3.60. The molecule has 0 radical (unpaired) electrons. The summed E-state index contributed by atoms with van der Waals surface area (Å²) >= 11 is 7.74. The van der Waals surface area contributed by atoms with Gasteiger partial charge in [0.15, 0.2) is 0 Å². The van der Waals surface area contributed by atoms with Gasteiger partial charge in [0.05, 0.1) is 41.5 Å². The SMILES string of the molecule is CCOc1ccccc1N1CSC2=C(C#N)[C@@H](c3ccc(OCc4ccccc4Cl)cc3)CC(=O)N2C1. The highest BCUT2D eigenvalue weighted by Gasteiger charge is 2.38. The second kappa shape index (κ2) is 11.2. The molecule has 1 atom stereocenters. The van der Waals surface area contributed by atoms with Crippen molar-refractivity contribution in [2.24, 2.45) is 0 Å². The number of para-hydroxylation sites is 2. The number of amides is 1. The first-order chi connectivity index (χ1) is 18.1. The van der Waals surface area contributed by atoms with Gasteiger partial charge in [0.2, 0.25) is 5.91 Å². The largest absolute Gasteiger partial charge is 0.492 e. The second-order valence-electron chi connectivity index (χ2n) is 8.71. The van der Waals surface area contributed by atoms with Crippen LogP contribution in [0, 0.1) is 11.3 Å². The molecule has 1 saturated heterocycles. The molecule has 0 spiro atoms. The number of hydrogen-bond donors (Lipinski definition) is 0. The summed E-state index contributed by atoms with van der Waals surface area (Å²) in [5, 5.41) is 11.5. The third kappa shape index (κ3) is 5.27. The van der Waals surface area contributed by atoms with E-state index in [2.05, 4.69) is 11.0 Å². The molecule has 0 N–H and O–H groups in total. The first kappa shape index (κ1) is 25.1. The molecule has 2 heterocycles. The molecule has 3 aromatic rings. The van der Waals surface area contributed by atoms with Crippen molar-refractivity contribution in [2.45, 2.75) is 25.9 Å². The van der Waals surface area contributed by atoms with Crippen molar-refractivity contribution in [3.63, 3.8) is 0 Å². The maximum absolute atomic E-state index is 13.3. The number of carbonyl (C=O) groups excluding carboxylic acids is 1. The Bertz CT molecular complexity index is 1370. The Kier molecular flexibility index (Phi) is 7.59. The molecule has 0 aromatic heterocycles. The van der Waals surface area contributed by atoms with E-state index >= 15 is 0 Å². The van der Waals surface area contributed by atoms with Gasteiger partial charge < -0.3 is 14.4 Å². The summed E-state index contributed by atoms with van der Waals surface area (Å²) in [5.74, 6) is 1.84. The van der Waals surface area contributed by atoms with Crippen LogP contribution in [-0.4, -0.2) is 30.0 Å². The number of rotatable bonds is 7.